The molecule has 0 fully saturated rings. The van der Waals surface area contributed by atoms with E-state index in [1.165, 1.54) is 16.7 Å². The third-order valence-electron chi connectivity index (χ3n) is 5.00. The maximum absolute atomic E-state index is 6.24. The minimum atomic E-state index is -0.0566. The molecule has 0 radical (unpaired) electrons. The molecular weight excluding hydrogens is 320 g/mol. The number of hydrogen-bond acceptors (Lipinski definition) is 2. The van der Waals surface area contributed by atoms with E-state index in [0.29, 0.717) is 16.5 Å². The quantitative estimate of drug-likeness (QED) is 0.363. The molecule has 1 aliphatic heterocycles. The number of rotatable bonds is 0. The van der Waals surface area contributed by atoms with Crippen molar-refractivity contribution in [3.05, 3.63) is 70.7 Å². The molecule has 0 unspecified atom stereocenters. The zero-order chi connectivity index (χ0) is 16.5. The summed E-state index contributed by atoms with van der Waals surface area (Å²) < 4.78 is 12.3. The molecule has 0 N–H and O–H groups in total. The standard InChI is InChI=1S/C21H15ClO2/c1-21(2)14-6-4-3-5-13(14)19-15(21)8-10-17-20(19)24-18-11-12(22)7-9-16(18)23-17/h3-11H,1-2H3. The van der Waals surface area contributed by atoms with Crippen LogP contribution >= 0.6 is 11.6 Å². The first kappa shape index (κ1) is 13.9. The highest BCUT2D eigenvalue weighted by Gasteiger charge is 2.39. The number of ether oxygens (including phenoxy) is 2. The molecular formula is C21H15ClO2. The SMILES string of the molecule is CC1(C)c2ccccc2-c2c1ccc1c2Oc2cc(Cl)ccc2O1. The minimum Gasteiger partial charge on any atom is -0.449 e. The molecule has 24 heavy (non-hydrogen) atoms. The van der Waals surface area contributed by atoms with Gasteiger partial charge in [-0.25, -0.2) is 0 Å². The smallest absolute Gasteiger partial charge is 0.178 e. The van der Waals surface area contributed by atoms with E-state index >= 15 is 0 Å². The highest BCUT2D eigenvalue weighted by atomic mass is 35.5. The van der Waals surface area contributed by atoms with Crippen molar-refractivity contribution in [3.8, 4) is 34.1 Å². The summed E-state index contributed by atoms with van der Waals surface area (Å²) in [4.78, 5) is 0. The maximum Gasteiger partial charge on any atom is 0.178 e. The van der Waals surface area contributed by atoms with Crippen molar-refractivity contribution < 1.29 is 9.47 Å². The zero-order valence-corrected chi connectivity index (χ0v) is 14.1. The molecule has 118 valence electrons. The minimum absolute atomic E-state index is 0.0566. The van der Waals surface area contributed by atoms with Gasteiger partial charge in [-0.3, -0.25) is 0 Å². The van der Waals surface area contributed by atoms with Crippen molar-refractivity contribution in [2.45, 2.75) is 19.3 Å². The van der Waals surface area contributed by atoms with Crippen LogP contribution in [0.2, 0.25) is 5.02 Å². The van der Waals surface area contributed by atoms with Crippen LogP contribution < -0.4 is 9.47 Å². The highest BCUT2D eigenvalue weighted by molar-refractivity contribution is 6.30. The van der Waals surface area contributed by atoms with Crippen LogP contribution in [-0.2, 0) is 5.41 Å². The van der Waals surface area contributed by atoms with Crippen molar-refractivity contribution in [2.75, 3.05) is 0 Å². The zero-order valence-electron chi connectivity index (χ0n) is 13.4. The first-order valence-corrected chi connectivity index (χ1v) is 8.36. The van der Waals surface area contributed by atoms with Crippen molar-refractivity contribution in [1.82, 2.24) is 0 Å². The molecule has 0 atom stereocenters. The van der Waals surface area contributed by atoms with Crippen LogP contribution in [0.5, 0.6) is 23.0 Å². The summed E-state index contributed by atoms with van der Waals surface area (Å²) in [7, 11) is 0. The summed E-state index contributed by atoms with van der Waals surface area (Å²) in [5.74, 6) is 2.87. The summed E-state index contributed by atoms with van der Waals surface area (Å²) in [6, 6.07) is 18.1. The third-order valence-corrected chi connectivity index (χ3v) is 5.24. The van der Waals surface area contributed by atoms with E-state index in [0.717, 1.165) is 17.1 Å². The predicted octanol–water partition coefficient (Wildman–Crippen LogP) is 6.54. The summed E-state index contributed by atoms with van der Waals surface area (Å²) in [6.07, 6.45) is 0. The second-order valence-electron chi connectivity index (χ2n) is 6.78. The van der Waals surface area contributed by atoms with E-state index in [4.69, 9.17) is 21.1 Å². The Morgan fingerprint density at radius 1 is 0.792 bits per heavy atom. The van der Waals surface area contributed by atoms with E-state index in [1.54, 1.807) is 12.1 Å². The Morgan fingerprint density at radius 2 is 1.58 bits per heavy atom. The van der Waals surface area contributed by atoms with Gasteiger partial charge in [0.2, 0.25) is 0 Å². The van der Waals surface area contributed by atoms with Gasteiger partial charge >= 0.3 is 0 Å². The molecule has 3 aromatic rings. The maximum atomic E-state index is 6.24. The van der Waals surface area contributed by atoms with Gasteiger partial charge in [-0.1, -0.05) is 55.8 Å². The Hall–Kier alpha value is -2.45. The lowest BCUT2D eigenvalue weighted by Crippen LogP contribution is -2.15. The van der Waals surface area contributed by atoms with Crippen LogP contribution in [0.15, 0.2) is 54.6 Å². The van der Waals surface area contributed by atoms with Crippen LogP contribution in [0, 0.1) is 0 Å². The van der Waals surface area contributed by atoms with Gasteiger partial charge in [0.1, 0.15) is 0 Å². The van der Waals surface area contributed by atoms with Crippen LogP contribution in [0.4, 0.5) is 0 Å². The molecule has 1 aliphatic carbocycles. The first-order valence-electron chi connectivity index (χ1n) is 7.98. The van der Waals surface area contributed by atoms with E-state index in [-0.39, 0.29) is 5.41 Å². The van der Waals surface area contributed by atoms with E-state index < -0.39 is 0 Å². The molecule has 0 amide bonds. The monoisotopic (exact) mass is 334 g/mol. The van der Waals surface area contributed by atoms with Crippen LogP contribution in [0.25, 0.3) is 11.1 Å². The molecule has 3 aromatic carbocycles. The molecule has 2 aliphatic rings. The lowest BCUT2D eigenvalue weighted by molar-refractivity contribution is 0.360. The van der Waals surface area contributed by atoms with Crippen LogP contribution in [0.3, 0.4) is 0 Å². The molecule has 3 heteroatoms. The Labute approximate surface area is 145 Å². The highest BCUT2D eigenvalue weighted by Crippen LogP contribution is 2.58. The van der Waals surface area contributed by atoms with Gasteiger partial charge in [-0.2, -0.15) is 0 Å². The van der Waals surface area contributed by atoms with Crippen molar-refractivity contribution in [1.29, 1.82) is 0 Å². The second-order valence-corrected chi connectivity index (χ2v) is 7.22. The topological polar surface area (TPSA) is 18.5 Å². The van der Waals surface area contributed by atoms with Gasteiger partial charge < -0.3 is 9.47 Å². The third kappa shape index (κ3) is 1.72. The van der Waals surface area contributed by atoms with Crippen molar-refractivity contribution >= 4 is 11.6 Å². The predicted molar refractivity (Wildman–Crippen MR) is 95.6 cm³/mol. The van der Waals surface area contributed by atoms with E-state index in [2.05, 4.69) is 44.2 Å². The Bertz CT molecular complexity index is 1000. The summed E-state index contributed by atoms with van der Waals surface area (Å²) in [6.45, 7) is 4.50. The summed E-state index contributed by atoms with van der Waals surface area (Å²) >= 11 is 6.11. The van der Waals surface area contributed by atoms with Crippen molar-refractivity contribution in [2.24, 2.45) is 0 Å². The number of benzene rings is 3. The molecule has 0 saturated carbocycles. The first-order chi connectivity index (χ1) is 11.6. The molecule has 0 saturated heterocycles. The van der Waals surface area contributed by atoms with Gasteiger partial charge in [0, 0.05) is 22.1 Å². The summed E-state index contributed by atoms with van der Waals surface area (Å²) in [5, 5.41) is 0.633. The normalized spacial score (nSPS) is 15.5. The van der Waals surface area contributed by atoms with Crippen molar-refractivity contribution in [3.63, 3.8) is 0 Å². The lowest BCUT2D eigenvalue weighted by Gasteiger charge is -2.25. The molecule has 1 heterocycles. The number of halogens is 1. The largest absolute Gasteiger partial charge is 0.449 e. The number of fused-ring (bicyclic) bond motifs is 6. The molecule has 2 nitrogen and oxygen atoms in total. The fraction of sp³-hybridized carbons (Fsp3) is 0.143. The second kappa shape index (κ2) is 4.55. The molecule has 0 bridgehead atoms. The van der Waals surface area contributed by atoms with E-state index in [1.807, 2.05) is 12.1 Å². The summed E-state index contributed by atoms with van der Waals surface area (Å²) in [5.41, 5.74) is 4.85. The average molecular weight is 335 g/mol. The number of hydrogen-bond donors (Lipinski definition) is 0. The van der Waals surface area contributed by atoms with Crippen LogP contribution in [-0.4, -0.2) is 0 Å². The van der Waals surface area contributed by atoms with E-state index in [9.17, 15) is 0 Å². The Balaban J connectivity index is 1.78. The van der Waals surface area contributed by atoms with Gasteiger partial charge in [-0.05, 0) is 34.9 Å². The van der Waals surface area contributed by atoms with Gasteiger partial charge in [0.15, 0.2) is 23.0 Å². The Morgan fingerprint density at radius 3 is 2.46 bits per heavy atom. The van der Waals surface area contributed by atoms with Gasteiger partial charge in [-0.15, -0.1) is 0 Å². The van der Waals surface area contributed by atoms with Crippen LogP contribution in [0.1, 0.15) is 25.0 Å². The van der Waals surface area contributed by atoms with Gasteiger partial charge in [0.05, 0.1) is 0 Å². The molecule has 0 aromatic heterocycles. The van der Waals surface area contributed by atoms with Gasteiger partial charge in [0.25, 0.3) is 0 Å². The lowest BCUT2D eigenvalue weighted by atomic mass is 9.82. The fourth-order valence-corrected chi connectivity index (χ4v) is 3.96. The Kier molecular flexibility index (Phi) is 2.64. The molecule has 0 spiro atoms. The average Bonchev–Trinajstić information content (AvgIpc) is 2.81. The molecule has 5 rings (SSSR count). The fourth-order valence-electron chi connectivity index (χ4n) is 3.80.